The van der Waals surface area contributed by atoms with Crippen LogP contribution in [0.5, 0.6) is 5.75 Å². The van der Waals surface area contributed by atoms with Gasteiger partial charge in [0, 0.05) is 19.2 Å². The van der Waals surface area contributed by atoms with Gasteiger partial charge in [0.2, 0.25) is 15.9 Å². The minimum absolute atomic E-state index is 0.136. The molecule has 2 aromatic heterocycles. The second-order valence-corrected chi connectivity index (χ2v) is 7.69. The topological polar surface area (TPSA) is 107 Å². The third-order valence-electron chi connectivity index (χ3n) is 3.96. The first kappa shape index (κ1) is 19.0. The van der Waals surface area contributed by atoms with E-state index in [1.165, 1.54) is 0 Å². The predicted octanol–water partition coefficient (Wildman–Crippen LogP) is 2.28. The Kier molecular flexibility index (Phi) is 5.52. The van der Waals surface area contributed by atoms with Crippen LogP contribution in [0.3, 0.4) is 0 Å². The number of aryl methyl sites for hydroxylation is 2. The van der Waals surface area contributed by atoms with Crippen molar-refractivity contribution in [2.24, 2.45) is 0 Å². The van der Waals surface area contributed by atoms with Gasteiger partial charge in [-0.25, -0.2) is 13.1 Å². The standard InChI is InChI=1S/C18H20N4O4S/c1-12-11-16(13(2)10-15(12)25-3)27(23,24)20-9-7-17-21-22-18(26-17)14-6-4-5-8-19-14/h4-6,8,10-11,20H,7,9H2,1-3H3. The molecule has 0 amide bonds. The molecule has 0 radical (unpaired) electrons. The van der Waals surface area contributed by atoms with Crippen molar-refractivity contribution >= 4 is 10.0 Å². The van der Waals surface area contributed by atoms with E-state index < -0.39 is 10.0 Å². The number of hydrogen-bond donors (Lipinski definition) is 1. The normalized spacial score (nSPS) is 11.5. The second-order valence-electron chi connectivity index (χ2n) is 5.95. The summed E-state index contributed by atoms with van der Waals surface area (Å²) in [6.07, 6.45) is 1.90. The van der Waals surface area contributed by atoms with Gasteiger partial charge in [0.1, 0.15) is 11.4 Å². The van der Waals surface area contributed by atoms with Gasteiger partial charge >= 0.3 is 0 Å². The molecule has 2 heterocycles. The summed E-state index contributed by atoms with van der Waals surface area (Å²) in [4.78, 5) is 4.36. The lowest BCUT2D eigenvalue weighted by molar-refractivity contribution is 0.411. The van der Waals surface area contributed by atoms with Crippen LogP contribution in [0.2, 0.25) is 0 Å². The molecule has 9 heteroatoms. The largest absolute Gasteiger partial charge is 0.496 e. The van der Waals surface area contributed by atoms with Crippen molar-refractivity contribution < 1.29 is 17.6 Å². The fraction of sp³-hybridized carbons (Fsp3) is 0.278. The van der Waals surface area contributed by atoms with E-state index in [-0.39, 0.29) is 17.9 Å². The van der Waals surface area contributed by atoms with Crippen LogP contribution in [0.1, 0.15) is 17.0 Å². The molecule has 27 heavy (non-hydrogen) atoms. The summed E-state index contributed by atoms with van der Waals surface area (Å²) < 4.78 is 38.5. The van der Waals surface area contributed by atoms with Crippen molar-refractivity contribution in [3.8, 4) is 17.3 Å². The molecule has 0 unspecified atom stereocenters. The molecular weight excluding hydrogens is 368 g/mol. The number of sulfonamides is 1. The lowest BCUT2D eigenvalue weighted by Crippen LogP contribution is -2.26. The van der Waals surface area contributed by atoms with Crippen molar-refractivity contribution in [2.45, 2.75) is 25.2 Å². The Hall–Kier alpha value is -2.78. The van der Waals surface area contributed by atoms with Crippen LogP contribution >= 0.6 is 0 Å². The van der Waals surface area contributed by atoms with Gasteiger partial charge in [0.05, 0.1) is 12.0 Å². The average molecular weight is 388 g/mol. The number of methoxy groups -OCH3 is 1. The van der Waals surface area contributed by atoms with E-state index in [2.05, 4.69) is 19.9 Å². The minimum atomic E-state index is -3.66. The molecule has 1 aromatic carbocycles. The van der Waals surface area contributed by atoms with E-state index in [1.54, 1.807) is 51.4 Å². The Bertz CT molecular complexity index is 1030. The summed E-state index contributed by atoms with van der Waals surface area (Å²) >= 11 is 0. The Morgan fingerprint density at radius 1 is 1.15 bits per heavy atom. The van der Waals surface area contributed by atoms with Gasteiger partial charge in [-0.3, -0.25) is 4.98 Å². The molecule has 1 N–H and O–H groups in total. The number of rotatable bonds is 7. The number of ether oxygens (including phenoxy) is 1. The van der Waals surface area contributed by atoms with Gasteiger partial charge in [0.25, 0.3) is 5.89 Å². The number of nitrogens with zero attached hydrogens (tertiary/aromatic N) is 3. The first-order chi connectivity index (χ1) is 12.9. The molecular formula is C18H20N4O4S. The zero-order valence-electron chi connectivity index (χ0n) is 15.3. The van der Waals surface area contributed by atoms with Crippen LogP contribution in [0.25, 0.3) is 11.6 Å². The fourth-order valence-electron chi connectivity index (χ4n) is 2.59. The van der Waals surface area contributed by atoms with Crippen LogP contribution < -0.4 is 9.46 Å². The zero-order chi connectivity index (χ0) is 19.4. The van der Waals surface area contributed by atoms with Crippen LogP contribution in [-0.2, 0) is 16.4 Å². The molecule has 0 atom stereocenters. The number of benzene rings is 1. The van der Waals surface area contributed by atoms with Crippen molar-refractivity contribution in [3.05, 3.63) is 53.5 Å². The van der Waals surface area contributed by atoms with E-state index in [4.69, 9.17) is 9.15 Å². The van der Waals surface area contributed by atoms with Gasteiger partial charge in [0.15, 0.2) is 0 Å². The number of nitrogens with one attached hydrogen (secondary N) is 1. The van der Waals surface area contributed by atoms with Crippen molar-refractivity contribution in [3.63, 3.8) is 0 Å². The third-order valence-corrected chi connectivity index (χ3v) is 5.57. The van der Waals surface area contributed by atoms with Crippen LogP contribution in [0.15, 0.2) is 45.8 Å². The maximum atomic E-state index is 12.6. The second kappa shape index (κ2) is 7.85. The first-order valence-corrected chi connectivity index (χ1v) is 9.77. The van der Waals surface area contributed by atoms with Crippen LogP contribution in [-0.4, -0.2) is 37.3 Å². The Labute approximate surface area is 157 Å². The molecule has 0 saturated heterocycles. The highest BCUT2D eigenvalue weighted by atomic mass is 32.2. The Morgan fingerprint density at radius 2 is 1.96 bits per heavy atom. The van der Waals surface area contributed by atoms with Gasteiger partial charge in [-0.15, -0.1) is 10.2 Å². The summed E-state index contributed by atoms with van der Waals surface area (Å²) in [6.45, 7) is 3.67. The number of aromatic nitrogens is 3. The highest BCUT2D eigenvalue weighted by molar-refractivity contribution is 7.89. The average Bonchev–Trinajstić information content (AvgIpc) is 3.12. The Balaban J connectivity index is 1.67. The van der Waals surface area contributed by atoms with Gasteiger partial charge < -0.3 is 9.15 Å². The molecule has 0 spiro atoms. The summed E-state index contributed by atoms with van der Waals surface area (Å²) in [7, 11) is -2.11. The highest BCUT2D eigenvalue weighted by Crippen LogP contribution is 2.25. The van der Waals surface area contributed by atoms with E-state index >= 15 is 0 Å². The molecule has 0 fully saturated rings. The van der Waals surface area contributed by atoms with E-state index in [9.17, 15) is 8.42 Å². The summed E-state index contributed by atoms with van der Waals surface area (Å²) in [5, 5.41) is 7.87. The third kappa shape index (κ3) is 4.32. The lowest BCUT2D eigenvalue weighted by Gasteiger charge is -2.12. The fourth-order valence-corrected chi connectivity index (χ4v) is 3.93. The predicted molar refractivity (Wildman–Crippen MR) is 98.9 cm³/mol. The molecule has 0 aliphatic rings. The van der Waals surface area contributed by atoms with Crippen LogP contribution in [0, 0.1) is 13.8 Å². The zero-order valence-corrected chi connectivity index (χ0v) is 16.1. The highest BCUT2D eigenvalue weighted by Gasteiger charge is 2.19. The molecule has 0 aliphatic carbocycles. The van der Waals surface area contributed by atoms with Gasteiger partial charge in [-0.2, -0.15) is 0 Å². The summed E-state index contributed by atoms with van der Waals surface area (Å²) in [6, 6.07) is 8.68. The van der Waals surface area contributed by atoms with Crippen LogP contribution in [0.4, 0.5) is 0 Å². The molecule has 0 aliphatic heterocycles. The Morgan fingerprint density at radius 3 is 2.67 bits per heavy atom. The monoisotopic (exact) mass is 388 g/mol. The smallest absolute Gasteiger partial charge is 0.266 e. The lowest BCUT2D eigenvalue weighted by atomic mass is 10.1. The summed E-state index contributed by atoms with van der Waals surface area (Å²) in [5.41, 5.74) is 1.93. The molecule has 3 rings (SSSR count). The van der Waals surface area contributed by atoms with E-state index in [0.29, 0.717) is 28.8 Å². The number of pyridine rings is 1. The van der Waals surface area contributed by atoms with Gasteiger partial charge in [-0.05, 0) is 49.2 Å². The quantitative estimate of drug-likeness (QED) is 0.661. The van der Waals surface area contributed by atoms with Crippen molar-refractivity contribution in [1.29, 1.82) is 0 Å². The minimum Gasteiger partial charge on any atom is -0.496 e. The van der Waals surface area contributed by atoms with E-state index in [1.807, 2.05) is 6.07 Å². The van der Waals surface area contributed by atoms with Crippen molar-refractivity contribution in [2.75, 3.05) is 13.7 Å². The van der Waals surface area contributed by atoms with E-state index in [0.717, 1.165) is 5.56 Å². The molecule has 0 saturated carbocycles. The number of hydrogen-bond acceptors (Lipinski definition) is 7. The maximum Gasteiger partial charge on any atom is 0.266 e. The van der Waals surface area contributed by atoms with Crippen molar-refractivity contribution in [1.82, 2.24) is 19.9 Å². The SMILES string of the molecule is COc1cc(C)c(S(=O)(=O)NCCc2nnc(-c3ccccn3)o2)cc1C. The molecule has 142 valence electrons. The van der Waals surface area contributed by atoms with Gasteiger partial charge in [-0.1, -0.05) is 6.07 Å². The first-order valence-electron chi connectivity index (χ1n) is 8.29. The maximum absolute atomic E-state index is 12.6. The summed E-state index contributed by atoms with van der Waals surface area (Å²) in [5.74, 6) is 1.29. The molecule has 3 aromatic rings. The molecule has 8 nitrogen and oxygen atoms in total. The molecule has 0 bridgehead atoms.